The molecule has 0 atom stereocenters. The molecule has 0 unspecified atom stereocenters. The first-order chi connectivity index (χ1) is 5.41. The van der Waals surface area contributed by atoms with Gasteiger partial charge in [0.25, 0.3) is 0 Å². The van der Waals surface area contributed by atoms with Gasteiger partial charge in [-0.15, -0.1) is 0 Å². The Kier molecular flexibility index (Phi) is 2.17. The molecule has 0 N–H and O–H groups in total. The van der Waals surface area contributed by atoms with Crippen molar-refractivity contribution in [3.8, 4) is 0 Å². The van der Waals surface area contributed by atoms with Gasteiger partial charge in [-0.3, -0.25) is 0 Å². The molecule has 2 rings (SSSR count). The van der Waals surface area contributed by atoms with Crippen LogP contribution in [-0.4, -0.2) is 5.60 Å². The van der Waals surface area contributed by atoms with E-state index in [1.807, 2.05) is 6.61 Å². The van der Waals surface area contributed by atoms with Crippen molar-refractivity contribution >= 4 is 0 Å². The van der Waals surface area contributed by atoms with Gasteiger partial charge >= 0.3 is 0 Å². The second kappa shape index (κ2) is 3.14. The van der Waals surface area contributed by atoms with E-state index in [0.717, 1.165) is 0 Å². The van der Waals surface area contributed by atoms with Crippen LogP contribution in [0.4, 0.5) is 0 Å². The summed E-state index contributed by atoms with van der Waals surface area (Å²) in [6, 6.07) is 0. The molecular weight excluding hydrogens is 136 g/mol. The molecule has 1 heteroatoms. The van der Waals surface area contributed by atoms with Crippen LogP contribution in [0.5, 0.6) is 0 Å². The summed E-state index contributed by atoms with van der Waals surface area (Å²) >= 11 is 0. The number of ether oxygens (including phenoxy) is 1. The summed E-state index contributed by atoms with van der Waals surface area (Å²) in [6.07, 6.45) is 10.6. The SMILES string of the molecule is [CH]1CCCC2(CCCCC2)O1. The Bertz CT molecular complexity index is 99.3. The highest BCUT2D eigenvalue weighted by Crippen LogP contribution is 2.39. The first kappa shape index (κ1) is 7.60. The summed E-state index contributed by atoms with van der Waals surface area (Å²) in [5.41, 5.74) is 0.302. The molecule has 1 radical (unpaired) electrons. The van der Waals surface area contributed by atoms with E-state index >= 15 is 0 Å². The van der Waals surface area contributed by atoms with Gasteiger partial charge in [0.1, 0.15) is 0 Å². The minimum Gasteiger partial charge on any atom is -0.369 e. The average molecular weight is 153 g/mol. The van der Waals surface area contributed by atoms with Gasteiger partial charge in [0.15, 0.2) is 0 Å². The van der Waals surface area contributed by atoms with Crippen LogP contribution < -0.4 is 0 Å². The van der Waals surface area contributed by atoms with E-state index in [2.05, 4.69) is 0 Å². The van der Waals surface area contributed by atoms with Gasteiger partial charge in [-0.2, -0.15) is 0 Å². The van der Waals surface area contributed by atoms with Gasteiger partial charge < -0.3 is 4.74 Å². The Hall–Kier alpha value is -0.0400. The molecule has 2 fully saturated rings. The molecule has 1 nitrogen and oxygen atoms in total. The third kappa shape index (κ3) is 1.58. The van der Waals surface area contributed by atoms with Crippen LogP contribution >= 0.6 is 0 Å². The second-order valence-electron chi connectivity index (χ2n) is 3.92. The van der Waals surface area contributed by atoms with Crippen LogP contribution in [-0.2, 0) is 4.74 Å². The molecule has 0 aromatic rings. The highest BCUT2D eigenvalue weighted by atomic mass is 16.5. The van der Waals surface area contributed by atoms with E-state index < -0.39 is 0 Å². The number of rotatable bonds is 0. The lowest BCUT2D eigenvalue weighted by molar-refractivity contribution is -0.0654. The number of hydrogen-bond acceptors (Lipinski definition) is 1. The highest BCUT2D eigenvalue weighted by molar-refractivity contribution is 4.88. The van der Waals surface area contributed by atoms with Gasteiger partial charge in [0.2, 0.25) is 0 Å². The van der Waals surface area contributed by atoms with E-state index in [1.54, 1.807) is 0 Å². The van der Waals surface area contributed by atoms with E-state index in [0.29, 0.717) is 5.60 Å². The number of hydrogen-bond donors (Lipinski definition) is 0. The van der Waals surface area contributed by atoms with Crippen LogP contribution in [0.3, 0.4) is 0 Å². The third-order valence-corrected chi connectivity index (χ3v) is 3.05. The maximum Gasteiger partial charge on any atom is 0.0844 e. The van der Waals surface area contributed by atoms with E-state index in [4.69, 9.17) is 4.74 Å². The lowest BCUT2D eigenvalue weighted by Gasteiger charge is -2.40. The Morgan fingerprint density at radius 2 is 1.64 bits per heavy atom. The minimum absolute atomic E-state index is 0.302. The van der Waals surface area contributed by atoms with Crippen molar-refractivity contribution in [2.75, 3.05) is 0 Å². The average Bonchev–Trinajstić information content (AvgIpc) is 2.07. The van der Waals surface area contributed by atoms with Crippen LogP contribution in [0.25, 0.3) is 0 Å². The fourth-order valence-electron chi connectivity index (χ4n) is 2.37. The summed E-state index contributed by atoms with van der Waals surface area (Å²) < 4.78 is 5.78. The van der Waals surface area contributed by atoms with Crippen LogP contribution in [0, 0.1) is 6.61 Å². The Labute approximate surface area is 69.1 Å². The smallest absolute Gasteiger partial charge is 0.0844 e. The molecule has 1 saturated carbocycles. The standard InChI is InChI=1S/C10H17O/c1-2-6-10(7-3-1)8-4-5-9-11-10/h9H,1-8H2. The zero-order valence-corrected chi connectivity index (χ0v) is 7.14. The zero-order chi connectivity index (χ0) is 7.57. The Balaban J connectivity index is 1.94. The molecule has 2 aliphatic rings. The van der Waals surface area contributed by atoms with E-state index in [1.165, 1.54) is 51.4 Å². The molecule has 1 aliphatic heterocycles. The molecule has 1 aliphatic carbocycles. The fraction of sp³-hybridized carbons (Fsp3) is 0.900. The van der Waals surface area contributed by atoms with Crippen LogP contribution in [0.15, 0.2) is 0 Å². The minimum atomic E-state index is 0.302. The Morgan fingerprint density at radius 1 is 0.909 bits per heavy atom. The molecule has 63 valence electrons. The lowest BCUT2D eigenvalue weighted by atomic mass is 9.80. The highest BCUT2D eigenvalue weighted by Gasteiger charge is 2.34. The third-order valence-electron chi connectivity index (χ3n) is 3.05. The molecule has 1 saturated heterocycles. The monoisotopic (exact) mass is 153 g/mol. The molecule has 1 heterocycles. The van der Waals surface area contributed by atoms with Crippen molar-refractivity contribution in [2.45, 2.75) is 57.0 Å². The van der Waals surface area contributed by atoms with Crippen LogP contribution in [0.2, 0.25) is 0 Å². The molecule has 0 bridgehead atoms. The molecule has 11 heavy (non-hydrogen) atoms. The lowest BCUT2D eigenvalue weighted by Crippen LogP contribution is -2.36. The first-order valence-corrected chi connectivity index (χ1v) is 4.91. The largest absolute Gasteiger partial charge is 0.369 e. The summed E-state index contributed by atoms with van der Waals surface area (Å²) in [5.74, 6) is 0. The predicted octanol–water partition coefficient (Wildman–Crippen LogP) is 3.05. The molecular formula is C10H17O. The quantitative estimate of drug-likeness (QED) is 0.519. The van der Waals surface area contributed by atoms with Crippen molar-refractivity contribution in [3.63, 3.8) is 0 Å². The van der Waals surface area contributed by atoms with Crippen molar-refractivity contribution in [1.82, 2.24) is 0 Å². The topological polar surface area (TPSA) is 9.23 Å². The van der Waals surface area contributed by atoms with E-state index in [-0.39, 0.29) is 0 Å². The van der Waals surface area contributed by atoms with Gasteiger partial charge in [0, 0.05) is 0 Å². The van der Waals surface area contributed by atoms with Crippen molar-refractivity contribution < 1.29 is 4.74 Å². The maximum absolute atomic E-state index is 5.78. The van der Waals surface area contributed by atoms with Crippen molar-refractivity contribution in [3.05, 3.63) is 6.61 Å². The summed E-state index contributed by atoms with van der Waals surface area (Å²) in [7, 11) is 0. The fourth-order valence-corrected chi connectivity index (χ4v) is 2.37. The molecule has 1 spiro atoms. The van der Waals surface area contributed by atoms with Crippen molar-refractivity contribution in [1.29, 1.82) is 0 Å². The van der Waals surface area contributed by atoms with Gasteiger partial charge in [-0.1, -0.05) is 19.3 Å². The van der Waals surface area contributed by atoms with Gasteiger partial charge in [-0.05, 0) is 32.1 Å². The zero-order valence-electron chi connectivity index (χ0n) is 7.14. The van der Waals surface area contributed by atoms with Gasteiger partial charge in [-0.25, -0.2) is 0 Å². The van der Waals surface area contributed by atoms with E-state index in [9.17, 15) is 0 Å². The summed E-state index contributed by atoms with van der Waals surface area (Å²) in [6.45, 7) is 2.04. The molecule has 0 aromatic heterocycles. The predicted molar refractivity (Wildman–Crippen MR) is 45.1 cm³/mol. The maximum atomic E-state index is 5.78. The second-order valence-corrected chi connectivity index (χ2v) is 3.92. The van der Waals surface area contributed by atoms with Crippen LogP contribution in [0.1, 0.15) is 51.4 Å². The molecule has 0 amide bonds. The Morgan fingerprint density at radius 3 is 2.27 bits per heavy atom. The van der Waals surface area contributed by atoms with Crippen molar-refractivity contribution in [2.24, 2.45) is 0 Å². The summed E-state index contributed by atoms with van der Waals surface area (Å²) in [5, 5.41) is 0. The first-order valence-electron chi connectivity index (χ1n) is 4.91. The summed E-state index contributed by atoms with van der Waals surface area (Å²) in [4.78, 5) is 0. The van der Waals surface area contributed by atoms with Gasteiger partial charge in [0.05, 0.1) is 12.2 Å². The normalized spacial score (nSPS) is 30.5. The molecule has 0 aromatic carbocycles.